The molecule has 0 amide bonds. The van der Waals surface area contributed by atoms with Crippen molar-refractivity contribution in [3.8, 4) is 0 Å². The number of hydrogen-bond acceptors (Lipinski definition) is 4. The highest BCUT2D eigenvalue weighted by molar-refractivity contribution is 6.33. The van der Waals surface area contributed by atoms with Crippen LogP contribution in [0.5, 0.6) is 0 Å². The van der Waals surface area contributed by atoms with Crippen LogP contribution in [0, 0.1) is 5.92 Å². The van der Waals surface area contributed by atoms with Gasteiger partial charge in [-0.05, 0) is 31.6 Å². The van der Waals surface area contributed by atoms with Crippen LogP contribution >= 0.6 is 23.2 Å². The molecular formula is C11H18Cl2N4. The summed E-state index contributed by atoms with van der Waals surface area (Å²) in [6.45, 7) is 5.20. The molecular weight excluding hydrogens is 259 g/mol. The van der Waals surface area contributed by atoms with Gasteiger partial charge >= 0.3 is 0 Å². The van der Waals surface area contributed by atoms with Gasteiger partial charge in [-0.25, -0.2) is 4.98 Å². The zero-order valence-electron chi connectivity index (χ0n) is 10.5. The SMILES string of the molecule is CC(C)C(CN(C)C)Nc1nc(Cl)ncc1Cl. The van der Waals surface area contributed by atoms with Gasteiger partial charge in [0.25, 0.3) is 0 Å². The summed E-state index contributed by atoms with van der Waals surface area (Å²) in [5.74, 6) is 1.05. The number of halogens is 2. The highest BCUT2D eigenvalue weighted by atomic mass is 35.5. The van der Waals surface area contributed by atoms with Gasteiger partial charge in [-0.2, -0.15) is 4.98 Å². The molecule has 0 fully saturated rings. The fourth-order valence-electron chi connectivity index (χ4n) is 1.44. The standard InChI is InChI=1S/C11H18Cl2N4/c1-7(2)9(6-17(3)4)15-10-8(12)5-14-11(13)16-10/h5,7,9H,6H2,1-4H3,(H,14,15,16). The van der Waals surface area contributed by atoms with Gasteiger partial charge in [-0.15, -0.1) is 0 Å². The molecule has 0 aliphatic carbocycles. The maximum absolute atomic E-state index is 6.02. The number of nitrogens with one attached hydrogen (secondary N) is 1. The molecule has 4 nitrogen and oxygen atoms in total. The third-order valence-corrected chi connectivity index (χ3v) is 2.86. The van der Waals surface area contributed by atoms with E-state index in [0.29, 0.717) is 16.8 Å². The van der Waals surface area contributed by atoms with E-state index >= 15 is 0 Å². The lowest BCUT2D eigenvalue weighted by molar-refractivity contribution is 0.344. The Hall–Kier alpha value is -0.580. The molecule has 0 saturated carbocycles. The van der Waals surface area contributed by atoms with Crippen LogP contribution in [0.4, 0.5) is 5.82 Å². The summed E-state index contributed by atoms with van der Waals surface area (Å²) in [7, 11) is 4.07. The van der Waals surface area contributed by atoms with Gasteiger partial charge in [0, 0.05) is 12.6 Å². The molecule has 1 aromatic heterocycles. The lowest BCUT2D eigenvalue weighted by Crippen LogP contribution is -2.36. The maximum Gasteiger partial charge on any atom is 0.224 e. The van der Waals surface area contributed by atoms with Gasteiger partial charge in [0.1, 0.15) is 10.8 Å². The Morgan fingerprint density at radius 2 is 2.00 bits per heavy atom. The predicted molar refractivity (Wildman–Crippen MR) is 72.9 cm³/mol. The second-order valence-corrected chi connectivity index (χ2v) is 5.34. The van der Waals surface area contributed by atoms with Crippen molar-refractivity contribution < 1.29 is 0 Å². The number of nitrogens with zero attached hydrogens (tertiary/aromatic N) is 3. The van der Waals surface area contributed by atoms with E-state index in [2.05, 4.69) is 34.0 Å². The average molecular weight is 277 g/mol. The summed E-state index contributed by atoms with van der Waals surface area (Å²) >= 11 is 11.8. The van der Waals surface area contributed by atoms with E-state index in [1.165, 1.54) is 6.20 Å². The average Bonchev–Trinajstić information content (AvgIpc) is 2.21. The smallest absolute Gasteiger partial charge is 0.224 e. The molecule has 1 N–H and O–H groups in total. The summed E-state index contributed by atoms with van der Waals surface area (Å²) in [5, 5.41) is 3.99. The maximum atomic E-state index is 6.02. The van der Waals surface area contributed by atoms with E-state index in [1.54, 1.807) is 0 Å². The molecule has 0 aliphatic rings. The van der Waals surface area contributed by atoms with E-state index in [1.807, 2.05) is 14.1 Å². The largest absolute Gasteiger partial charge is 0.364 e. The predicted octanol–water partition coefficient (Wildman–Crippen LogP) is 2.78. The van der Waals surface area contributed by atoms with Gasteiger partial charge in [-0.1, -0.05) is 25.4 Å². The second kappa shape index (κ2) is 6.38. The monoisotopic (exact) mass is 276 g/mol. The lowest BCUT2D eigenvalue weighted by Gasteiger charge is -2.26. The normalized spacial score (nSPS) is 13.2. The van der Waals surface area contributed by atoms with E-state index < -0.39 is 0 Å². The lowest BCUT2D eigenvalue weighted by atomic mass is 10.0. The molecule has 0 radical (unpaired) electrons. The summed E-state index contributed by atoms with van der Waals surface area (Å²) in [6.07, 6.45) is 1.51. The first-order valence-electron chi connectivity index (χ1n) is 5.49. The third kappa shape index (κ3) is 4.66. The minimum atomic E-state index is 0.198. The molecule has 1 rings (SSSR count). The van der Waals surface area contributed by atoms with Gasteiger partial charge < -0.3 is 10.2 Å². The molecule has 0 aromatic carbocycles. The molecule has 0 bridgehead atoms. The Labute approximate surface area is 112 Å². The first-order chi connectivity index (χ1) is 7.90. The van der Waals surface area contributed by atoms with Crippen molar-refractivity contribution in [3.63, 3.8) is 0 Å². The molecule has 96 valence electrons. The summed E-state index contributed by atoms with van der Waals surface area (Å²) in [4.78, 5) is 10.0. The Morgan fingerprint density at radius 1 is 1.35 bits per heavy atom. The molecule has 1 unspecified atom stereocenters. The van der Waals surface area contributed by atoms with Gasteiger partial charge in [0.05, 0.1) is 6.20 Å². The highest BCUT2D eigenvalue weighted by Gasteiger charge is 2.16. The second-order valence-electron chi connectivity index (χ2n) is 4.59. The Morgan fingerprint density at radius 3 is 2.53 bits per heavy atom. The van der Waals surface area contributed by atoms with Crippen LogP contribution in [0.15, 0.2) is 6.20 Å². The van der Waals surface area contributed by atoms with Gasteiger partial charge in [0.2, 0.25) is 5.28 Å². The van der Waals surface area contributed by atoms with E-state index in [-0.39, 0.29) is 11.3 Å². The topological polar surface area (TPSA) is 41.0 Å². The Balaban J connectivity index is 2.81. The minimum Gasteiger partial charge on any atom is -0.364 e. The van der Waals surface area contributed by atoms with Crippen molar-refractivity contribution in [2.75, 3.05) is 26.0 Å². The van der Waals surface area contributed by atoms with Crippen LogP contribution in [-0.2, 0) is 0 Å². The van der Waals surface area contributed by atoms with Crippen molar-refractivity contribution in [2.24, 2.45) is 5.92 Å². The molecule has 0 spiro atoms. The number of anilines is 1. The zero-order valence-corrected chi connectivity index (χ0v) is 12.0. The van der Waals surface area contributed by atoms with Crippen LogP contribution in [-0.4, -0.2) is 41.5 Å². The van der Waals surface area contributed by atoms with Crippen molar-refractivity contribution in [3.05, 3.63) is 16.5 Å². The van der Waals surface area contributed by atoms with Crippen molar-refractivity contribution in [1.29, 1.82) is 0 Å². The van der Waals surface area contributed by atoms with Gasteiger partial charge in [0.15, 0.2) is 0 Å². The molecule has 17 heavy (non-hydrogen) atoms. The van der Waals surface area contributed by atoms with Crippen LogP contribution in [0.1, 0.15) is 13.8 Å². The first kappa shape index (κ1) is 14.5. The number of aromatic nitrogens is 2. The molecule has 0 aliphatic heterocycles. The fraction of sp³-hybridized carbons (Fsp3) is 0.636. The highest BCUT2D eigenvalue weighted by Crippen LogP contribution is 2.21. The number of likely N-dealkylation sites (N-methyl/N-ethyl adjacent to an activating group) is 1. The quantitative estimate of drug-likeness (QED) is 0.840. The molecule has 1 aromatic rings. The van der Waals surface area contributed by atoms with Crippen LogP contribution in [0.2, 0.25) is 10.3 Å². The van der Waals surface area contributed by atoms with Crippen molar-refractivity contribution in [1.82, 2.24) is 14.9 Å². The van der Waals surface area contributed by atoms with E-state index in [0.717, 1.165) is 6.54 Å². The van der Waals surface area contributed by atoms with E-state index in [9.17, 15) is 0 Å². The van der Waals surface area contributed by atoms with Crippen LogP contribution < -0.4 is 5.32 Å². The summed E-state index contributed by atoms with van der Waals surface area (Å²) in [5.41, 5.74) is 0. The van der Waals surface area contributed by atoms with Gasteiger partial charge in [-0.3, -0.25) is 0 Å². The van der Waals surface area contributed by atoms with Crippen molar-refractivity contribution in [2.45, 2.75) is 19.9 Å². The molecule has 6 heteroatoms. The summed E-state index contributed by atoms with van der Waals surface area (Å²) < 4.78 is 0. The molecule has 0 saturated heterocycles. The Bertz CT molecular complexity index is 368. The summed E-state index contributed by atoms with van der Waals surface area (Å²) in [6, 6.07) is 0.258. The fourth-order valence-corrected chi connectivity index (χ4v) is 1.72. The zero-order chi connectivity index (χ0) is 13.0. The molecule has 1 atom stereocenters. The minimum absolute atomic E-state index is 0.198. The van der Waals surface area contributed by atoms with Crippen LogP contribution in [0.3, 0.4) is 0 Å². The van der Waals surface area contributed by atoms with Crippen LogP contribution in [0.25, 0.3) is 0 Å². The number of rotatable bonds is 5. The molecule has 1 heterocycles. The Kier molecular flexibility index (Phi) is 5.43. The third-order valence-electron chi connectivity index (χ3n) is 2.40. The van der Waals surface area contributed by atoms with E-state index in [4.69, 9.17) is 23.2 Å². The number of hydrogen-bond donors (Lipinski definition) is 1. The first-order valence-corrected chi connectivity index (χ1v) is 6.25. The van der Waals surface area contributed by atoms with Crippen molar-refractivity contribution >= 4 is 29.0 Å².